The maximum absolute atomic E-state index is 12.6. The molecule has 0 aliphatic carbocycles. The third kappa shape index (κ3) is 5.48. The topological polar surface area (TPSA) is 72.5 Å². The van der Waals surface area contributed by atoms with Crippen LogP contribution in [0.2, 0.25) is 0 Å². The van der Waals surface area contributed by atoms with Crippen LogP contribution in [-0.2, 0) is 0 Å². The smallest absolute Gasteiger partial charge is 0.274 e. The molecule has 3 aromatic rings. The second-order valence-electron chi connectivity index (χ2n) is 6.60. The standard InChI is InChI=1S/C23H25N3O3/c1-4-28-21-11-7-5-9-18(21)25-17-13-14-20(24-15-17)23(27)26-19-10-6-8-12-22(19)29-16(2)3/h5-16,25H,4H2,1-3H3,(H,26,27). The second-order valence-corrected chi connectivity index (χ2v) is 6.60. The van der Waals surface area contributed by atoms with Gasteiger partial charge in [-0.2, -0.15) is 0 Å². The van der Waals surface area contributed by atoms with Crippen LogP contribution < -0.4 is 20.1 Å². The lowest BCUT2D eigenvalue weighted by atomic mass is 10.2. The number of para-hydroxylation sites is 4. The first-order valence-corrected chi connectivity index (χ1v) is 9.58. The van der Waals surface area contributed by atoms with Crippen molar-refractivity contribution in [3.63, 3.8) is 0 Å². The fourth-order valence-electron chi connectivity index (χ4n) is 2.72. The van der Waals surface area contributed by atoms with Gasteiger partial charge in [0.25, 0.3) is 5.91 Å². The van der Waals surface area contributed by atoms with Crippen LogP contribution in [0.5, 0.6) is 11.5 Å². The van der Waals surface area contributed by atoms with E-state index < -0.39 is 0 Å². The molecule has 150 valence electrons. The Labute approximate surface area is 170 Å². The molecule has 0 unspecified atom stereocenters. The van der Waals surface area contributed by atoms with E-state index in [1.54, 1.807) is 24.4 Å². The second kappa shape index (κ2) is 9.59. The molecule has 0 atom stereocenters. The van der Waals surface area contributed by atoms with E-state index in [-0.39, 0.29) is 12.0 Å². The highest BCUT2D eigenvalue weighted by molar-refractivity contribution is 6.03. The summed E-state index contributed by atoms with van der Waals surface area (Å²) in [4.78, 5) is 16.9. The van der Waals surface area contributed by atoms with E-state index in [4.69, 9.17) is 9.47 Å². The number of hydrogen-bond donors (Lipinski definition) is 2. The summed E-state index contributed by atoms with van der Waals surface area (Å²) in [7, 11) is 0. The summed E-state index contributed by atoms with van der Waals surface area (Å²) in [5.41, 5.74) is 2.53. The van der Waals surface area contributed by atoms with Gasteiger partial charge in [0.1, 0.15) is 17.2 Å². The Morgan fingerprint density at radius 3 is 2.31 bits per heavy atom. The lowest BCUT2D eigenvalue weighted by Crippen LogP contribution is -2.15. The average molecular weight is 391 g/mol. The number of aromatic nitrogens is 1. The molecule has 1 amide bonds. The van der Waals surface area contributed by atoms with Crippen LogP contribution in [0.25, 0.3) is 0 Å². The van der Waals surface area contributed by atoms with Crippen molar-refractivity contribution < 1.29 is 14.3 Å². The van der Waals surface area contributed by atoms with Crippen molar-refractivity contribution in [3.05, 3.63) is 72.6 Å². The Morgan fingerprint density at radius 2 is 1.66 bits per heavy atom. The zero-order valence-electron chi connectivity index (χ0n) is 16.8. The SMILES string of the molecule is CCOc1ccccc1Nc1ccc(C(=O)Nc2ccccc2OC(C)C)nc1. The molecule has 29 heavy (non-hydrogen) atoms. The number of pyridine rings is 1. The molecule has 0 fully saturated rings. The summed E-state index contributed by atoms with van der Waals surface area (Å²) < 4.78 is 11.4. The number of nitrogens with one attached hydrogen (secondary N) is 2. The molecule has 0 aliphatic heterocycles. The maximum Gasteiger partial charge on any atom is 0.274 e. The summed E-state index contributed by atoms with van der Waals surface area (Å²) >= 11 is 0. The highest BCUT2D eigenvalue weighted by Gasteiger charge is 2.12. The van der Waals surface area contributed by atoms with Crippen LogP contribution in [0.1, 0.15) is 31.3 Å². The molecule has 0 saturated carbocycles. The number of carbonyl (C=O) groups excluding carboxylic acids is 1. The predicted molar refractivity (Wildman–Crippen MR) is 115 cm³/mol. The molecule has 0 radical (unpaired) electrons. The summed E-state index contributed by atoms with van der Waals surface area (Å²) in [6.45, 7) is 6.40. The van der Waals surface area contributed by atoms with Crippen molar-refractivity contribution in [1.29, 1.82) is 0 Å². The molecule has 6 nitrogen and oxygen atoms in total. The van der Waals surface area contributed by atoms with E-state index in [2.05, 4.69) is 15.6 Å². The summed E-state index contributed by atoms with van der Waals surface area (Å²) in [5.74, 6) is 1.09. The number of hydrogen-bond acceptors (Lipinski definition) is 5. The van der Waals surface area contributed by atoms with E-state index >= 15 is 0 Å². The van der Waals surface area contributed by atoms with Gasteiger partial charge in [-0.1, -0.05) is 24.3 Å². The van der Waals surface area contributed by atoms with Gasteiger partial charge in [0.05, 0.1) is 36.0 Å². The van der Waals surface area contributed by atoms with Gasteiger partial charge in [-0.25, -0.2) is 4.98 Å². The van der Waals surface area contributed by atoms with Crippen molar-refractivity contribution >= 4 is 23.0 Å². The largest absolute Gasteiger partial charge is 0.492 e. The number of benzene rings is 2. The van der Waals surface area contributed by atoms with Crippen molar-refractivity contribution in [3.8, 4) is 11.5 Å². The first kappa shape index (κ1) is 20.2. The molecule has 1 heterocycles. The fourth-order valence-corrected chi connectivity index (χ4v) is 2.72. The van der Waals surface area contributed by atoms with Crippen molar-refractivity contribution in [2.45, 2.75) is 26.9 Å². The Morgan fingerprint density at radius 1 is 0.966 bits per heavy atom. The van der Waals surface area contributed by atoms with E-state index in [9.17, 15) is 4.79 Å². The van der Waals surface area contributed by atoms with Crippen LogP contribution >= 0.6 is 0 Å². The molecule has 6 heteroatoms. The third-order valence-electron chi connectivity index (χ3n) is 3.96. The first-order chi connectivity index (χ1) is 14.1. The Balaban J connectivity index is 1.70. The fraction of sp³-hybridized carbons (Fsp3) is 0.217. The first-order valence-electron chi connectivity index (χ1n) is 9.58. The number of amides is 1. The van der Waals surface area contributed by atoms with E-state index in [0.29, 0.717) is 23.7 Å². The zero-order chi connectivity index (χ0) is 20.6. The molecule has 0 saturated heterocycles. The van der Waals surface area contributed by atoms with Gasteiger partial charge in [-0.15, -0.1) is 0 Å². The lowest BCUT2D eigenvalue weighted by Gasteiger charge is -2.15. The number of anilines is 3. The van der Waals surface area contributed by atoms with Gasteiger partial charge in [0, 0.05) is 0 Å². The quantitative estimate of drug-likeness (QED) is 0.548. The van der Waals surface area contributed by atoms with Gasteiger partial charge in [-0.3, -0.25) is 4.79 Å². The Kier molecular flexibility index (Phi) is 6.68. The minimum Gasteiger partial charge on any atom is -0.492 e. The van der Waals surface area contributed by atoms with Gasteiger partial charge >= 0.3 is 0 Å². The summed E-state index contributed by atoms with van der Waals surface area (Å²) in [5, 5.41) is 6.13. The number of rotatable bonds is 8. The molecule has 3 rings (SSSR count). The van der Waals surface area contributed by atoms with Crippen LogP contribution in [-0.4, -0.2) is 23.6 Å². The molecule has 0 aliphatic rings. The highest BCUT2D eigenvalue weighted by atomic mass is 16.5. The van der Waals surface area contributed by atoms with Crippen LogP contribution in [0.4, 0.5) is 17.1 Å². The Hall–Kier alpha value is -3.54. The van der Waals surface area contributed by atoms with Crippen LogP contribution in [0, 0.1) is 0 Å². The monoisotopic (exact) mass is 391 g/mol. The van der Waals surface area contributed by atoms with E-state index in [0.717, 1.165) is 17.1 Å². The van der Waals surface area contributed by atoms with Crippen LogP contribution in [0.3, 0.4) is 0 Å². The van der Waals surface area contributed by atoms with Gasteiger partial charge < -0.3 is 20.1 Å². The molecule has 2 N–H and O–H groups in total. The lowest BCUT2D eigenvalue weighted by molar-refractivity contribution is 0.102. The highest BCUT2D eigenvalue weighted by Crippen LogP contribution is 2.28. The number of ether oxygens (including phenoxy) is 2. The van der Waals surface area contributed by atoms with Gasteiger partial charge in [0.15, 0.2) is 0 Å². The molecule has 0 bridgehead atoms. The third-order valence-corrected chi connectivity index (χ3v) is 3.96. The molecular formula is C23H25N3O3. The predicted octanol–water partition coefficient (Wildman–Crippen LogP) is 5.26. The number of carbonyl (C=O) groups is 1. The van der Waals surface area contributed by atoms with Gasteiger partial charge in [0.2, 0.25) is 0 Å². The van der Waals surface area contributed by atoms with E-state index in [1.165, 1.54) is 0 Å². The minimum atomic E-state index is -0.300. The van der Waals surface area contributed by atoms with Crippen molar-refractivity contribution in [2.75, 3.05) is 17.2 Å². The number of nitrogens with zero attached hydrogens (tertiary/aromatic N) is 1. The van der Waals surface area contributed by atoms with Gasteiger partial charge in [-0.05, 0) is 57.2 Å². The Bertz CT molecular complexity index is 956. The summed E-state index contributed by atoms with van der Waals surface area (Å²) in [6, 6.07) is 18.5. The van der Waals surface area contributed by atoms with Crippen molar-refractivity contribution in [2.24, 2.45) is 0 Å². The molecule has 0 spiro atoms. The minimum absolute atomic E-state index is 0.0103. The average Bonchev–Trinajstić information content (AvgIpc) is 2.71. The molecule has 1 aromatic heterocycles. The summed E-state index contributed by atoms with van der Waals surface area (Å²) in [6.07, 6.45) is 1.63. The van der Waals surface area contributed by atoms with Crippen molar-refractivity contribution in [1.82, 2.24) is 4.98 Å². The molecular weight excluding hydrogens is 366 g/mol. The molecule has 2 aromatic carbocycles. The van der Waals surface area contributed by atoms with E-state index in [1.807, 2.05) is 63.2 Å². The van der Waals surface area contributed by atoms with Crippen LogP contribution in [0.15, 0.2) is 66.9 Å². The zero-order valence-corrected chi connectivity index (χ0v) is 16.8. The normalized spacial score (nSPS) is 10.5. The maximum atomic E-state index is 12.6.